The fourth-order valence-corrected chi connectivity index (χ4v) is 3.75. The van der Waals surface area contributed by atoms with E-state index in [4.69, 9.17) is 4.74 Å². The normalized spacial score (nSPS) is 23.2. The molecule has 1 aromatic carbocycles. The summed E-state index contributed by atoms with van der Waals surface area (Å²) in [6.45, 7) is 4.16. The molecule has 3 atom stereocenters. The fraction of sp³-hybridized carbons (Fsp3) is 0.529. The zero-order chi connectivity index (χ0) is 15.9. The van der Waals surface area contributed by atoms with Gasteiger partial charge in [-0.2, -0.15) is 5.10 Å². The minimum Gasteiger partial charge on any atom is -0.490 e. The number of ether oxygens (including phenoxy) is 1. The Morgan fingerprint density at radius 3 is 2.95 bits per heavy atom. The first kappa shape index (κ1) is 15.5. The van der Waals surface area contributed by atoms with E-state index in [1.54, 1.807) is 4.68 Å². The summed E-state index contributed by atoms with van der Waals surface area (Å²) in [5.41, 5.74) is 0.910. The van der Waals surface area contributed by atoms with Crippen molar-refractivity contribution in [3.05, 3.63) is 22.8 Å². The molecule has 1 saturated carbocycles. The van der Waals surface area contributed by atoms with Gasteiger partial charge in [0.1, 0.15) is 11.5 Å². The first-order valence-corrected chi connectivity index (χ1v) is 8.59. The van der Waals surface area contributed by atoms with Gasteiger partial charge in [-0.05, 0) is 31.9 Å². The van der Waals surface area contributed by atoms with E-state index in [2.05, 4.69) is 34.9 Å². The Kier molecular flexibility index (Phi) is 4.26. The van der Waals surface area contributed by atoms with Gasteiger partial charge in [0.25, 0.3) is 0 Å². The van der Waals surface area contributed by atoms with E-state index in [9.17, 15) is 4.79 Å². The van der Waals surface area contributed by atoms with Crippen molar-refractivity contribution in [2.24, 2.45) is 18.9 Å². The van der Waals surface area contributed by atoms with E-state index in [0.29, 0.717) is 18.1 Å². The average Bonchev–Trinajstić information content (AvgIpc) is 3.00. The number of hydrogen-bond acceptors (Lipinski definition) is 3. The molecule has 4 nitrogen and oxygen atoms in total. The van der Waals surface area contributed by atoms with Crippen molar-refractivity contribution in [2.75, 3.05) is 0 Å². The summed E-state index contributed by atoms with van der Waals surface area (Å²) in [4.78, 5) is 12.0. The minimum atomic E-state index is 0.0261. The van der Waals surface area contributed by atoms with Crippen molar-refractivity contribution in [2.45, 2.75) is 39.2 Å². The van der Waals surface area contributed by atoms with Crippen LogP contribution in [0.1, 0.15) is 33.1 Å². The second kappa shape index (κ2) is 6.03. The number of carbonyl (C=O) groups is 1. The van der Waals surface area contributed by atoms with Gasteiger partial charge < -0.3 is 4.74 Å². The van der Waals surface area contributed by atoms with Gasteiger partial charge in [-0.3, -0.25) is 9.48 Å². The molecule has 3 unspecified atom stereocenters. The first-order valence-electron chi connectivity index (χ1n) is 7.80. The van der Waals surface area contributed by atoms with Crippen LogP contribution in [-0.4, -0.2) is 21.7 Å². The van der Waals surface area contributed by atoms with Crippen LogP contribution in [0.2, 0.25) is 0 Å². The van der Waals surface area contributed by atoms with Gasteiger partial charge in [-0.1, -0.05) is 22.9 Å². The van der Waals surface area contributed by atoms with E-state index in [0.717, 1.165) is 34.0 Å². The molecular formula is C17H21BrN2O2. The number of hydrogen-bond donors (Lipinski definition) is 0. The molecular weight excluding hydrogens is 344 g/mol. The summed E-state index contributed by atoms with van der Waals surface area (Å²) in [6, 6.07) is 3.97. The van der Waals surface area contributed by atoms with Gasteiger partial charge in [0, 0.05) is 36.0 Å². The number of rotatable bonds is 4. The van der Waals surface area contributed by atoms with Crippen LogP contribution < -0.4 is 4.74 Å². The Morgan fingerprint density at radius 2 is 2.27 bits per heavy atom. The van der Waals surface area contributed by atoms with Gasteiger partial charge in [0.2, 0.25) is 0 Å². The molecule has 0 aliphatic heterocycles. The van der Waals surface area contributed by atoms with Crippen LogP contribution in [0, 0.1) is 11.8 Å². The van der Waals surface area contributed by atoms with Crippen molar-refractivity contribution in [1.82, 2.24) is 9.78 Å². The van der Waals surface area contributed by atoms with Crippen LogP contribution in [0.25, 0.3) is 10.9 Å². The standard InChI is InChI=1S/C17H21BrN2O2/c1-4-11-5-12(6-16(11)21)10(2)22-17-8-13(18)7-15-14(17)9-20(3)19-15/h7-12H,4-6H2,1-3H3. The van der Waals surface area contributed by atoms with E-state index in [1.165, 1.54) is 0 Å². The summed E-state index contributed by atoms with van der Waals surface area (Å²) in [5, 5.41) is 5.44. The van der Waals surface area contributed by atoms with Crippen LogP contribution in [0.15, 0.2) is 22.8 Å². The number of aromatic nitrogens is 2. The van der Waals surface area contributed by atoms with Crippen LogP contribution in [0.3, 0.4) is 0 Å². The monoisotopic (exact) mass is 364 g/mol. The van der Waals surface area contributed by atoms with E-state index >= 15 is 0 Å². The number of ketones is 1. The SMILES string of the molecule is CCC1CC(C(C)Oc2cc(Br)cc3nn(C)cc23)CC1=O. The molecule has 3 rings (SSSR count). The summed E-state index contributed by atoms with van der Waals surface area (Å²) in [5.74, 6) is 1.75. The maximum absolute atomic E-state index is 12.0. The maximum Gasteiger partial charge on any atom is 0.136 e. The maximum atomic E-state index is 12.0. The van der Waals surface area contributed by atoms with Crippen LogP contribution in [0.5, 0.6) is 5.75 Å². The van der Waals surface area contributed by atoms with Crippen molar-refractivity contribution in [3.8, 4) is 5.75 Å². The third-order valence-corrected chi connectivity index (χ3v) is 5.10. The van der Waals surface area contributed by atoms with Gasteiger partial charge in [-0.25, -0.2) is 0 Å². The van der Waals surface area contributed by atoms with Gasteiger partial charge in [0.15, 0.2) is 0 Å². The lowest BCUT2D eigenvalue weighted by Crippen LogP contribution is -2.22. The predicted octanol–water partition coefficient (Wildman–Crippen LogP) is 4.11. The van der Waals surface area contributed by atoms with Crippen LogP contribution in [0.4, 0.5) is 0 Å². The van der Waals surface area contributed by atoms with Crippen LogP contribution >= 0.6 is 15.9 Å². The molecule has 1 aliphatic carbocycles. The molecule has 1 aromatic heterocycles. The summed E-state index contributed by atoms with van der Waals surface area (Å²) < 4.78 is 8.96. The molecule has 0 bridgehead atoms. The van der Waals surface area contributed by atoms with Gasteiger partial charge in [0.05, 0.1) is 17.0 Å². The molecule has 5 heteroatoms. The molecule has 0 N–H and O–H groups in total. The van der Waals surface area contributed by atoms with E-state index in [1.807, 2.05) is 25.4 Å². The van der Waals surface area contributed by atoms with Gasteiger partial charge >= 0.3 is 0 Å². The number of fused-ring (bicyclic) bond motifs is 1. The molecule has 22 heavy (non-hydrogen) atoms. The smallest absolute Gasteiger partial charge is 0.136 e. The Labute approximate surface area is 139 Å². The number of carbonyl (C=O) groups excluding carboxylic acids is 1. The summed E-state index contributed by atoms with van der Waals surface area (Å²) in [7, 11) is 1.91. The van der Waals surface area contributed by atoms with Crippen molar-refractivity contribution < 1.29 is 9.53 Å². The highest BCUT2D eigenvalue weighted by Crippen LogP contribution is 2.36. The Balaban J connectivity index is 1.82. The topological polar surface area (TPSA) is 44.1 Å². The molecule has 0 saturated heterocycles. The van der Waals surface area contributed by atoms with Crippen molar-refractivity contribution >= 4 is 32.6 Å². The molecule has 0 radical (unpaired) electrons. The van der Waals surface area contributed by atoms with Crippen LogP contribution in [-0.2, 0) is 11.8 Å². The average molecular weight is 365 g/mol. The zero-order valence-corrected chi connectivity index (χ0v) is 14.8. The molecule has 1 aliphatic rings. The first-order chi connectivity index (χ1) is 10.5. The quantitative estimate of drug-likeness (QED) is 0.819. The highest BCUT2D eigenvalue weighted by Gasteiger charge is 2.35. The number of halogens is 1. The Hall–Kier alpha value is -1.36. The lowest BCUT2D eigenvalue weighted by atomic mass is 9.99. The second-order valence-electron chi connectivity index (χ2n) is 6.23. The molecule has 118 valence electrons. The second-order valence-corrected chi connectivity index (χ2v) is 7.15. The fourth-order valence-electron chi connectivity index (χ4n) is 3.33. The van der Waals surface area contributed by atoms with Gasteiger partial charge in [-0.15, -0.1) is 0 Å². The number of benzene rings is 1. The highest BCUT2D eigenvalue weighted by atomic mass is 79.9. The van der Waals surface area contributed by atoms with E-state index in [-0.39, 0.29) is 12.0 Å². The molecule has 2 aromatic rings. The summed E-state index contributed by atoms with van der Waals surface area (Å²) >= 11 is 3.51. The predicted molar refractivity (Wildman–Crippen MR) is 90.0 cm³/mol. The Bertz CT molecular complexity index is 710. The largest absolute Gasteiger partial charge is 0.490 e. The third-order valence-electron chi connectivity index (χ3n) is 4.64. The number of aryl methyl sites for hydroxylation is 1. The molecule has 1 heterocycles. The highest BCUT2D eigenvalue weighted by molar-refractivity contribution is 9.10. The number of nitrogens with zero attached hydrogens (tertiary/aromatic N) is 2. The lowest BCUT2D eigenvalue weighted by Gasteiger charge is -2.21. The zero-order valence-electron chi connectivity index (χ0n) is 13.2. The summed E-state index contributed by atoms with van der Waals surface area (Å²) in [6.07, 6.45) is 4.52. The third kappa shape index (κ3) is 2.91. The minimum absolute atomic E-state index is 0.0261. The number of Topliss-reactive ketones (excluding diaryl/α,β-unsaturated/α-hetero) is 1. The molecule has 0 spiro atoms. The molecule has 1 fully saturated rings. The Morgan fingerprint density at radius 1 is 1.50 bits per heavy atom. The van der Waals surface area contributed by atoms with E-state index < -0.39 is 0 Å². The lowest BCUT2D eigenvalue weighted by molar-refractivity contribution is -0.120. The molecule has 0 amide bonds. The van der Waals surface area contributed by atoms with Crippen molar-refractivity contribution in [3.63, 3.8) is 0 Å². The van der Waals surface area contributed by atoms with Crippen molar-refractivity contribution in [1.29, 1.82) is 0 Å².